The molecule has 2 aliphatic heterocycles. The molecule has 98 valence electrons. The molecule has 0 atom stereocenters. The van der Waals surface area contributed by atoms with Crippen molar-refractivity contribution in [2.45, 2.75) is 24.8 Å². The van der Waals surface area contributed by atoms with Gasteiger partial charge in [0, 0.05) is 40.0 Å². The Labute approximate surface area is 103 Å². The number of nitrogens with zero attached hydrogens (tertiary/aromatic N) is 1. The molecule has 0 amide bonds. The van der Waals surface area contributed by atoms with Crippen LogP contribution in [0.25, 0.3) is 0 Å². The lowest BCUT2D eigenvalue weighted by Crippen LogP contribution is -2.62. The summed E-state index contributed by atoms with van der Waals surface area (Å²) in [7, 11) is 1.74. The van der Waals surface area contributed by atoms with Gasteiger partial charge in [0.25, 0.3) is 0 Å². The summed E-state index contributed by atoms with van der Waals surface area (Å²) in [5.74, 6) is 1.13. The van der Waals surface area contributed by atoms with Crippen molar-refractivity contribution in [1.82, 2.24) is 10.6 Å². The van der Waals surface area contributed by atoms with E-state index in [1.54, 1.807) is 7.11 Å². The van der Waals surface area contributed by atoms with Gasteiger partial charge < -0.3 is 20.1 Å². The average Bonchev–Trinajstić information content (AvgIpc) is 2.38. The molecule has 0 unspecified atom stereocenters. The molecule has 5 nitrogen and oxygen atoms in total. The average molecular weight is 241 g/mol. The number of rotatable bonds is 4. The van der Waals surface area contributed by atoms with Crippen molar-refractivity contribution < 1.29 is 9.47 Å². The van der Waals surface area contributed by atoms with E-state index < -0.39 is 0 Å². The molecule has 0 aromatic carbocycles. The third kappa shape index (κ3) is 3.18. The van der Waals surface area contributed by atoms with Crippen LogP contribution in [-0.4, -0.2) is 57.9 Å². The molecule has 0 bridgehead atoms. The molecule has 2 N–H and O–H groups in total. The maximum Gasteiger partial charge on any atom is 0.117 e. The normalized spacial score (nSPS) is 23.5. The first-order valence-electron chi connectivity index (χ1n) is 6.48. The van der Waals surface area contributed by atoms with Crippen molar-refractivity contribution in [1.29, 1.82) is 0 Å². The van der Waals surface area contributed by atoms with E-state index in [0.29, 0.717) is 0 Å². The highest BCUT2D eigenvalue weighted by Gasteiger charge is 2.38. The minimum absolute atomic E-state index is 0.0452. The fourth-order valence-electron chi connectivity index (χ4n) is 2.48. The first-order chi connectivity index (χ1) is 8.37. The number of hydrogen-bond acceptors (Lipinski definition) is 5. The summed E-state index contributed by atoms with van der Waals surface area (Å²) in [6.07, 6.45) is 3.05. The predicted molar refractivity (Wildman–Crippen MR) is 67.6 cm³/mol. The van der Waals surface area contributed by atoms with E-state index in [0.717, 1.165) is 64.6 Å². The zero-order chi connectivity index (χ0) is 12.0. The maximum atomic E-state index is 5.45. The van der Waals surface area contributed by atoms with Gasteiger partial charge in [-0.2, -0.15) is 0 Å². The summed E-state index contributed by atoms with van der Waals surface area (Å²) in [5.41, 5.74) is 0.0452. The van der Waals surface area contributed by atoms with Gasteiger partial charge in [0.05, 0.1) is 12.1 Å². The van der Waals surface area contributed by atoms with Gasteiger partial charge in [-0.25, -0.2) is 0 Å². The Bertz CT molecular complexity index is 262. The molecule has 0 aromatic rings. The smallest absolute Gasteiger partial charge is 0.117 e. The lowest BCUT2D eigenvalue weighted by atomic mass is 9.87. The van der Waals surface area contributed by atoms with E-state index in [1.807, 2.05) is 0 Å². The minimum Gasteiger partial charge on any atom is -0.385 e. The van der Waals surface area contributed by atoms with Gasteiger partial charge in [0.2, 0.25) is 0 Å². The monoisotopic (exact) mass is 241 g/mol. The second kappa shape index (κ2) is 6.33. The van der Waals surface area contributed by atoms with Gasteiger partial charge in [-0.05, 0) is 19.3 Å². The Morgan fingerprint density at radius 1 is 1.47 bits per heavy atom. The Kier molecular flexibility index (Phi) is 4.76. The minimum atomic E-state index is 0.0452. The topological polar surface area (TPSA) is 54.9 Å². The molecule has 0 aliphatic carbocycles. The fraction of sp³-hybridized carbons (Fsp3) is 0.917. The third-order valence-corrected chi connectivity index (χ3v) is 3.46. The molecule has 0 saturated carbocycles. The van der Waals surface area contributed by atoms with Crippen molar-refractivity contribution in [3.8, 4) is 0 Å². The van der Waals surface area contributed by atoms with Crippen LogP contribution >= 0.6 is 0 Å². The summed E-state index contributed by atoms with van der Waals surface area (Å²) < 4.78 is 10.5. The number of hydrogen-bond donors (Lipinski definition) is 2. The highest BCUT2D eigenvalue weighted by Crippen LogP contribution is 2.23. The van der Waals surface area contributed by atoms with Crippen LogP contribution in [0.3, 0.4) is 0 Å². The van der Waals surface area contributed by atoms with Gasteiger partial charge in [0.1, 0.15) is 5.84 Å². The molecule has 1 spiro atoms. The Hall–Kier alpha value is -0.650. The van der Waals surface area contributed by atoms with E-state index in [4.69, 9.17) is 9.47 Å². The molecule has 0 radical (unpaired) electrons. The van der Waals surface area contributed by atoms with Crippen molar-refractivity contribution in [2.75, 3.05) is 46.6 Å². The summed E-state index contributed by atoms with van der Waals surface area (Å²) >= 11 is 0. The maximum absolute atomic E-state index is 5.45. The van der Waals surface area contributed by atoms with E-state index in [1.165, 1.54) is 0 Å². The number of ether oxygens (including phenoxy) is 2. The molecule has 17 heavy (non-hydrogen) atoms. The summed E-state index contributed by atoms with van der Waals surface area (Å²) in [4.78, 5) is 4.65. The van der Waals surface area contributed by atoms with Gasteiger partial charge in [-0.15, -0.1) is 0 Å². The van der Waals surface area contributed by atoms with Crippen molar-refractivity contribution >= 4 is 5.84 Å². The standard InChI is InChI=1S/C12H23N3O2/c1-16-8-2-5-13-11-12(15-7-6-14-11)3-9-17-10-4-12/h15H,2-10H2,1H3,(H,13,14). The van der Waals surface area contributed by atoms with Crippen LogP contribution < -0.4 is 10.6 Å². The van der Waals surface area contributed by atoms with Gasteiger partial charge in [0.15, 0.2) is 0 Å². The Morgan fingerprint density at radius 2 is 2.29 bits per heavy atom. The quantitative estimate of drug-likeness (QED) is 0.689. The van der Waals surface area contributed by atoms with Crippen molar-refractivity contribution in [3.63, 3.8) is 0 Å². The van der Waals surface area contributed by atoms with Crippen LogP contribution in [0.2, 0.25) is 0 Å². The lowest BCUT2D eigenvalue weighted by Gasteiger charge is -2.41. The largest absolute Gasteiger partial charge is 0.385 e. The first kappa shape index (κ1) is 12.8. The third-order valence-electron chi connectivity index (χ3n) is 3.46. The van der Waals surface area contributed by atoms with Gasteiger partial charge in [-0.3, -0.25) is 4.99 Å². The Morgan fingerprint density at radius 3 is 3.06 bits per heavy atom. The van der Waals surface area contributed by atoms with Crippen LogP contribution in [0, 0.1) is 0 Å². The van der Waals surface area contributed by atoms with Crippen molar-refractivity contribution in [2.24, 2.45) is 4.99 Å². The fourth-order valence-corrected chi connectivity index (χ4v) is 2.48. The molecular weight excluding hydrogens is 218 g/mol. The molecule has 0 aromatic heterocycles. The highest BCUT2D eigenvalue weighted by molar-refractivity contribution is 5.92. The van der Waals surface area contributed by atoms with Crippen molar-refractivity contribution in [3.05, 3.63) is 0 Å². The lowest BCUT2D eigenvalue weighted by molar-refractivity contribution is 0.0595. The zero-order valence-corrected chi connectivity index (χ0v) is 10.6. The number of nitrogens with one attached hydrogen (secondary N) is 2. The second-order valence-corrected chi connectivity index (χ2v) is 4.62. The zero-order valence-electron chi connectivity index (χ0n) is 10.6. The van der Waals surface area contributed by atoms with Crippen LogP contribution in [0.1, 0.15) is 19.3 Å². The van der Waals surface area contributed by atoms with E-state index in [9.17, 15) is 0 Å². The van der Waals surface area contributed by atoms with Gasteiger partial charge in [-0.1, -0.05) is 0 Å². The van der Waals surface area contributed by atoms with E-state index in [-0.39, 0.29) is 5.54 Å². The predicted octanol–water partition coefficient (Wildman–Crippen LogP) is 0.163. The molecular formula is C12H23N3O2. The molecule has 2 rings (SSSR count). The number of amidine groups is 1. The summed E-state index contributed by atoms with van der Waals surface area (Å²) in [6, 6.07) is 0. The SMILES string of the molecule is COCCCNC1=NCCNC12CCOCC2. The summed E-state index contributed by atoms with van der Waals surface area (Å²) in [5, 5.41) is 7.09. The van der Waals surface area contributed by atoms with E-state index in [2.05, 4.69) is 15.6 Å². The van der Waals surface area contributed by atoms with Crippen LogP contribution in [0.4, 0.5) is 0 Å². The molecule has 2 aliphatic rings. The van der Waals surface area contributed by atoms with Gasteiger partial charge >= 0.3 is 0 Å². The number of aliphatic imine (C=N–C) groups is 1. The van der Waals surface area contributed by atoms with E-state index >= 15 is 0 Å². The second-order valence-electron chi connectivity index (χ2n) is 4.62. The van der Waals surface area contributed by atoms with Crippen LogP contribution in [-0.2, 0) is 9.47 Å². The number of methoxy groups -OCH3 is 1. The highest BCUT2D eigenvalue weighted by atomic mass is 16.5. The molecule has 1 saturated heterocycles. The molecule has 1 fully saturated rings. The Balaban J connectivity index is 1.89. The molecule has 2 heterocycles. The molecule has 5 heteroatoms. The summed E-state index contributed by atoms with van der Waals surface area (Å²) in [6.45, 7) is 5.22. The van der Waals surface area contributed by atoms with Crippen LogP contribution in [0.5, 0.6) is 0 Å². The first-order valence-corrected chi connectivity index (χ1v) is 6.48. The van der Waals surface area contributed by atoms with Crippen LogP contribution in [0.15, 0.2) is 4.99 Å².